The van der Waals surface area contributed by atoms with Crippen LogP contribution in [-0.2, 0) is 9.53 Å². The molecule has 1 aliphatic rings. The number of rotatable bonds is 7. The lowest BCUT2D eigenvalue weighted by Crippen LogP contribution is -2.28. The third-order valence-corrected chi connectivity index (χ3v) is 2.94. The Balaban J connectivity index is 1.96. The molecule has 1 aliphatic heterocycles. The first-order valence-corrected chi connectivity index (χ1v) is 6.22. The molecular formula is C12H23N2O2. The minimum atomic E-state index is 0.168. The highest BCUT2D eigenvalue weighted by molar-refractivity contribution is 5.75. The molecule has 0 saturated carbocycles. The number of hydrogen-bond acceptors (Lipinski definition) is 2. The standard InChI is InChI=1S/C12H23N2O2/c1-16-9-3-8-14-12(15)6-5-11-4-2-7-13-10-11/h11H,2-10H2,1H3,(H,14,15). The summed E-state index contributed by atoms with van der Waals surface area (Å²) in [5.74, 6) is 0.806. The maximum Gasteiger partial charge on any atom is 0.220 e. The van der Waals surface area contributed by atoms with Gasteiger partial charge in [-0.25, -0.2) is 5.32 Å². The highest BCUT2D eigenvalue weighted by Gasteiger charge is 2.14. The van der Waals surface area contributed by atoms with Gasteiger partial charge in [-0.1, -0.05) is 0 Å². The van der Waals surface area contributed by atoms with E-state index in [0.29, 0.717) is 18.9 Å². The smallest absolute Gasteiger partial charge is 0.220 e. The van der Waals surface area contributed by atoms with Gasteiger partial charge in [-0.05, 0) is 31.6 Å². The van der Waals surface area contributed by atoms with E-state index in [1.54, 1.807) is 7.11 Å². The number of carbonyl (C=O) groups is 1. The molecule has 93 valence electrons. The molecule has 0 spiro atoms. The van der Waals surface area contributed by atoms with E-state index in [-0.39, 0.29) is 5.91 Å². The van der Waals surface area contributed by atoms with Gasteiger partial charge in [0.1, 0.15) is 0 Å². The number of ether oxygens (including phenoxy) is 1. The molecule has 1 amide bonds. The van der Waals surface area contributed by atoms with Gasteiger partial charge in [0, 0.05) is 39.8 Å². The van der Waals surface area contributed by atoms with E-state index in [4.69, 9.17) is 4.74 Å². The lowest BCUT2D eigenvalue weighted by Gasteiger charge is -2.20. The maximum absolute atomic E-state index is 11.5. The second-order valence-corrected chi connectivity index (χ2v) is 4.37. The van der Waals surface area contributed by atoms with E-state index >= 15 is 0 Å². The summed E-state index contributed by atoms with van der Waals surface area (Å²) in [6.45, 7) is 3.40. The first-order chi connectivity index (χ1) is 7.83. The zero-order valence-electron chi connectivity index (χ0n) is 10.2. The molecule has 16 heavy (non-hydrogen) atoms. The zero-order chi connectivity index (χ0) is 11.6. The fraction of sp³-hybridized carbons (Fsp3) is 0.917. The van der Waals surface area contributed by atoms with Crippen LogP contribution < -0.4 is 10.6 Å². The van der Waals surface area contributed by atoms with Gasteiger partial charge in [0.05, 0.1) is 0 Å². The summed E-state index contributed by atoms with van der Waals surface area (Å²) >= 11 is 0. The lowest BCUT2D eigenvalue weighted by atomic mass is 9.94. The van der Waals surface area contributed by atoms with Crippen LogP contribution in [0.3, 0.4) is 0 Å². The number of nitrogens with one attached hydrogen (secondary N) is 1. The summed E-state index contributed by atoms with van der Waals surface area (Å²) in [6.07, 6.45) is 4.95. The molecule has 1 saturated heterocycles. The first kappa shape index (κ1) is 13.5. The van der Waals surface area contributed by atoms with Crippen molar-refractivity contribution in [1.29, 1.82) is 0 Å². The molecule has 0 aromatic rings. The van der Waals surface area contributed by atoms with Gasteiger partial charge in [0.15, 0.2) is 0 Å². The van der Waals surface area contributed by atoms with E-state index < -0.39 is 0 Å². The van der Waals surface area contributed by atoms with Gasteiger partial charge in [-0.2, -0.15) is 0 Å². The van der Waals surface area contributed by atoms with Crippen LogP contribution in [-0.4, -0.2) is 39.3 Å². The van der Waals surface area contributed by atoms with Crippen molar-refractivity contribution in [2.75, 3.05) is 33.4 Å². The fourth-order valence-electron chi connectivity index (χ4n) is 1.96. The Morgan fingerprint density at radius 3 is 3.12 bits per heavy atom. The molecule has 1 fully saturated rings. The summed E-state index contributed by atoms with van der Waals surface area (Å²) in [7, 11) is 1.67. The van der Waals surface area contributed by atoms with Gasteiger partial charge in [-0.15, -0.1) is 0 Å². The molecule has 1 unspecified atom stereocenters. The molecule has 1 N–H and O–H groups in total. The second kappa shape index (κ2) is 8.53. The van der Waals surface area contributed by atoms with E-state index in [0.717, 1.165) is 32.5 Å². The van der Waals surface area contributed by atoms with Crippen LogP contribution in [0.5, 0.6) is 0 Å². The Hall–Kier alpha value is -0.610. The SMILES string of the molecule is COCCCNC(=O)CCC1CCC[N]C1. The van der Waals surface area contributed by atoms with Crippen molar-refractivity contribution in [2.24, 2.45) is 5.92 Å². The minimum Gasteiger partial charge on any atom is -0.385 e. The predicted octanol–water partition coefficient (Wildman–Crippen LogP) is 0.934. The Morgan fingerprint density at radius 2 is 2.44 bits per heavy atom. The van der Waals surface area contributed by atoms with Crippen LogP contribution in [0.1, 0.15) is 32.1 Å². The van der Waals surface area contributed by atoms with E-state index in [9.17, 15) is 4.79 Å². The zero-order valence-corrected chi connectivity index (χ0v) is 10.2. The van der Waals surface area contributed by atoms with Gasteiger partial charge >= 0.3 is 0 Å². The van der Waals surface area contributed by atoms with Crippen LogP contribution in [0.4, 0.5) is 0 Å². The molecule has 0 bridgehead atoms. The largest absolute Gasteiger partial charge is 0.385 e. The molecule has 1 radical (unpaired) electrons. The molecule has 0 aromatic carbocycles. The van der Waals surface area contributed by atoms with Crippen molar-refractivity contribution in [3.63, 3.8) is 0 Å². The van der Waals surface area contributed by atoms with Crippen LogP contribution in [0, 0.1) is 5.92 Å². The number of carbonyl (C=O) groups excluding carboxylic acids is 1. The lowest BCUT2D eigenvalue weighted by molar-refractivity contribution is -0.121. The number of amides is 1. The Kier molecular flexibility index (Phi) is 7.17. The Bertz CT molecular complexity index is 191. The van der Waals surface area contributed by atoms with E-state index in [2.05, 4.69) is 10.6 Å². The van der Waals surface area contributed by atoms with Crippen LogP contribution >= 0.6 is 0 Å². The van der Waals surface area contributed by atoms with Crippen LogP contribution in [0.15, 0.2) is 0 Å². The first-order valence-electron chi connectivity index (χ1n) is 6.22. The van der Waals surface area contributed by atoms with Gasteiger partial charge in [-0.3, -0.25) is 4.79 Å². The topological polar surface area (TPSA) is 52.4 Å². The van der Waals surface area contributed by atoms with Gasteiger partial charge in [0.2, 0.25) is 5.91 Å². The summed E-state index contributed by atoms with van der Waals surface area (Å²) < 4.78 is 4.92. The quantitative estimate of drug-likeness (QED) is 0.658. The average molecular weight is 227 g/mol. The summed E-state index contributed by atoms with van der Waals surface area (Å²) in [4.78, 5) is 11.5. The van der Waals surface area contributed by atoms with E-state index in [1.165, 1.54) is 12.8 Å². The van der Waals surface area contributed by atoms with Crippen molar-refractivity contribution in [3.05, 3.63) is 0 Å². The number of methoxy groups -OCH3 is 1. The molecule has 4 heteroatoms. The molecule has 1 atom stereocenters. The highest BCUT2D eigenvalue weighted by Crippen LogP contribution is 2.16. The highest BCUT2D eigenvalue weighted by atomic mass is 16.5. The summed E-state index contributed by atoms with van der Waals surface area (Å²) in [5, 5.41) is 7.28. The number of hydrogen-bond donors (Lipinski definition) is 1. The maximum atomic E-state index is 11.5. The van der Waals surface area contributed by atoms with Crippen molar-refractivity contribution < 1.29 is 9.53 Å². The molecule has 0 aliphatic carbocycles. The van der Waals surface area contributed by atoms with Crippen molar-refractivity contribution >= 4 is 5.91 Å². The second-order valence-electron chi connectivity index (χ2n) is 4.37. The number of piperidine rings is 1. The average Bonchev–Trinajstić information content (AvgIpc) is 2.33. The third kappa shape index (κ3) is 6.08. The van der Waals surface area contributed by atoms with Crippen molar-refractivity contribution in [1.82, 2.24) is 10.6 Å². The van der Waals surface area contributed by atoms with Gasteiger partial charge < -0.3 is 10.1 Å². The minimum absolute atomic E-state index is 0.168. The third-order valence-electron chi connectivity index (χ3n) is 2.94. The van der Waals surface area contributed by atoms with Crippen molar-refractivity contribution in [2.45, 2.75) is 32.1 Å². The molecule has 1 rings (SSSR count). The summed E-state index contributed by atoms with van der Waals surface area (Å²) in [6, 6.07) is 0. The van der Waals surface area contributed by atoms with Crippen molar-refractivity contribution in [3.8, 4) is 0 Å². The normalized spacial score (nSPS) is 20.7. The number of nitrogens with zero attached hydrogens (tertiary/aromatic N) is 1. The molecular weight excluding hydrogens is 204 g/mol. The van der Waals surface area contributed by atoms with Crippen LogP contribution in [0.2, 0.25) is 0 Å². The van der Waals surface area contributed by atoms with E-state index in [1.807, 2.05) is 0 Å². The molecule has 1 heterocycles. The molecule has 4 nitrogen and oxygen atoms in total. The van der Waals surface area contributed by atoms with Gasteiger partial charge in [0.25, 0.3) is 0 Å². The summed E-state index contributed by atoms with van der Waals surface area (Å²) in [5.41, 5.74) is 0. The monoisotopic (exact) mass is 227 g/mol. The Labute approximate surface area is 98.1 Å². The molecule has 0 aromatic heterocycles. The predicted molar refractivity (Wildman–Crippen MR) is 63.3 cm³/mol. The van der Waals surface area contributed by atoms with Crippen LogP contribution in [0.25, 0.3) is 0 Å². The fourth-order valence-corrected chi connectivity index (χ4v) is 1.96. The Morgan fingerprint density at radius 1 is 1.56 bits per heavy atom.